The van der Waals surface area contributed by atoms with Gasteiger partial charge in [-0.15, -0.1) is 0 Å². The van der Waals surface area contributed by atoms with Crippen LogP contribution in [-0.2, 0) is 11.2 Å². The molecule has 21 heavy (non-hydrogen) atoms. The van der Waals surface area contributed by atoms with Crippen molar-refractivity contribution in [3.05, 3.63) is 53.2 Å². The van der Waals surface area contributed by atoms with Gasteiger partial charge in [0.1, 0.15) is 0 Å². The van der Waals surface area contributed by atoms with Crippen LogP contribution >= 0.6 is 0 Å². The molecule has 1 aliphatic heterocycles. The van der Waals surface area contributed by atoms with Gasteiger partial charge in [-0.1, -0.05) is 43.3 Å². The molecule has 1 fully saturated rings. The monoisotopic (exact) mass is 280 g/mol. The zero-order valence-corrected chi connectivity index (χ0v) is 12.7. The Morgan fingerprint density at radius 3 is 2.52 bits per heavy atom. The molecule has 1 amide bonds. The minimum absolute atomic E-state index is 0.00651. The number of carbonyl (C=O) groups is 1. The van der Waals surface area contributed by atoms with Gasteiger partial charge in [-0.3, -0.25) is 10.2 Å². The van der Waals surface area contributed by atoms with E-state index in [1.165, 1.54) is 21.9 Å². The molecule has 0 aromatic heterocycles. The zero-order valence-electron chi connectivity index (χ0n) is 12.7. The Hall–Kier alpha value is -2.29. The lowest BCUT2D eigenvalue weighted by atomic mass is 9.87. The molecule has 3 rings (SSSR count). The molecule has 0 unspecified atom stereocenters. The molecule has 1 aliphatic rings. The number of nitrogens with one attached hydrogen (secondary N) is 2. The smallest absolute Gasteiger partial charge is 0.249 e. The van der Waals surface area contributed by atoms with E-state index in [2.05, 4.69) is 54.2 Å². The molecular weight excluding hydrogens is 260 g/mol. The van der Waals surface area contributed by atoms with Gasteiger partial charge in [-0.2, -0.15) is 0 Å². The second kappa shape index (κ2) is 4.92. The fourth-order valence-corrected chi connectivity index (χ4v) is 2.74. The summed E-state index contributed by atoms with van der Waals surface area (Å²) >= 11 is 0. The molecule has 1 saturated heterocycles. The summed E-state index contributed by atoms with van der Waals surface area (Å²) in [4.78, 5) is 11.9. The Morgan fingerprint density at radius 2 is 1.86 bits per heavy atom. The molecule has 2 aromatic carbocycles. The van der Waals surface area contributed by atoms with Crippen LogP contribution in [0, 0.1) is 5.41 Å². The molecule has 0 saturated carbocycles. The average Bonchev–Trinajstić information content (AvgIpc) is 2.74. The normalized spacial score (nSPS) is 18.8. The van der Waals surface area contributed by atoms with Crippen LogP contribution in [0.1, 0.15) is 31.9 Å². The van der Waals surface area contributed by atoms with Crippen LogP contribution < -0.4 is 10.9 Å². The number of hydrazine groups is 1. The van der Waals surface area contributed by atoms with E-state index in [0.29, 0.717) is 0 Å². The summed E-state index contributed by atoms with van der Waals surface area (Å²) < 4.78 is 0. The number of carbonyl (C=O) groups excluding carboxylic acids is 1. The van der Waals surface area contributed by atoms with Crippen molar-refractivity contribution in [1.82, 2.24) is 10.9 Å². The van der Waals surface area contributed by atoms with Gasteiger partial charge in [-0.05, 0) is 48.2 Å². The fourth-order valence-electron chi connectivity index (χ4n) is 2.74. The first-order chi connectivity index (χ1) is 10.0. The van der Waals surface area contributed by atoms with E-state index in [9.17, 15) is 4.79 Å². The van der Waals surface area contributed by atoms with Crippen molar-refractivity contribution in [2.45, 2.75) is 27.2 Å². The van der Waals surface area contributed by atoms with Crippen molar-refractivity contribution in [2.75, 3.05) is 0 Å². The first-order valence-electron chi connectivity index (χ1n) is 7.33. The molecule has 3 nitrogen and oxygen atoms in total. The molecule has 2 aromatic rings. The highest BCUT2D eigenvalue weighted by Gasteiger charge is 2.37. The van der Waals surface area contributed by atoms with Crippen LogP contribution in [0.15, 0.2) is 42.1 Å². The summed E-state index contributed by atoms with van der Waals surface area (Å²) in [6.45, 7) is 6.03. The van der Waals surface area contributed by atoms with Gasteiger partial charge in [0.05, 0.1) is 5.41 Å². The lowest BCUT2D eigenvalue weighted by Gasteiger charge is -2.16. The van der Waals surface area contributed by atoms with Crippen LogP contribution in [0.3, 0.4) is 0 Å². The van der Waals surface area contributed by atoms with Crippen molar-refractivity contribution < 1.29 is 4.79 Å². The zero-order chi connectivity index (χ0) is 15.0. The van der Waals surface area contributed by atoms with E-state index < -0.39 is 5.41 Å². The lowest BCUT2D eigenvalue weighted by molar-refractivity contribution is -0.125. The minimum atomic E-state index is -0.526. The first-order valence-corrected chi connectivity index (χ1v) is 7.33. The number of benzene rings is 2. The summed E-state index contributed by atoms with van der Waals surface area (Å²) in [6.07, 6.45) is 3.07. The summed E-state index contributed by atoms with van der Waals surface area (Å²) in [6, 6.07) is 12.7. The Bertz CT molecular complexity index is 744. The summed E-state index contributed by atoms with van der Waals surface area (Å²) in [5.74, 6) is 0.00651. The number of rotatable bonds is 2. The van der Waals surface area contributed by atoms with E-state index in [-0.39, 0.29) is 5.91 Å². The minimum Gasteiger partial charge on any atom is -0.302 e. The number of fused-ring (bicyclic) bond motifs is 1. The maximum atomic E-state index is 11.9. The van der Waals surface area contributed by atoms with Gasteiger partial charge in [0.25, 0.3) is 0 Å². The fraction of sp³-hybridized carbons (Fsp3) is 0.278. The number of hydrogen-bond donors (Lipinski definition) is 2. The summed E-state index contributed by atoms with van der Waals surface area (Å²) in [5, 5.41) is 2.44. The van der Waals surface area contributed by atoms with Crippen LogP contribution in [-0.4, -0.2) is 5.91 Å². The van der Waals surface area contributed by atoms with Crippen molar-refractivity contribution in [3.63, 3.8) is 0 Å². The van der Waals surface area contributed by atoms with E-state index in [1.54, 1.807) is 0 Å². The summed E-state index contributed by atoms with van der Waals surface area (Å²) in [7, 11) is 0. The van der Waals surface area contributed by atoms with Crippen molar-refractivity contribution in [1.29, 1.82) is 0 Å². The standard InChI is InChI=1S/C18H20N2O/c1-4-12-9-10-13-7-5-6-8-14(13)15(12)11-16-18(2,3)17(21)20-19-16/h5-11,19H,4H2,1-3H3,(H,20,21)/b16-11-. The van der Waals surface area contributed by atoms with Crippen molar-refractivity contribution >= 4 is 22.8 Å². The molecule has 2 N–H and O–H groups in total. The van der Waals surface area contributed by atoms with E-state index in [4.69, 9.17) is 0 Å². The number of hydrogen-bond acceptors (Lipinski definition) is 2. The van der Waals surface area contributed by atoms with Crippen molar-refractivity contribution in [3.8, 4) is 0 Å². The largest absolute Gasteiger partial charge is 0.302 e. The van der Waals surface area contributed by atoms with Gasteiger partial charge in [0.2, 0.25) is 5.91 Å². The SMILES string of the molecule is CCc1ccc2ccccc2c1/C=C1\NNC(=O)C1(C)C. The topological polar surface area (TPSA) is 41.1 Å². The average molecular weight is 280 g/mol. The third-order valence-electron chi connectivity index (χ3n) is 4.28. The maximum absolute atomic E-state index is 11.9. The molecule has 0 spiro atoms. The second-order valence-electron chi connectivity index (χ2n) is 5.98. The Morgan fingerprint density at radius 1 is 1.10 bits per heavy atom. The molecule has 108 valence electrons. The first kappa shape index (κ1) is 13.7. The number of amides is 1. The molecule has 0 aliphatic carbocycles. The second-order valence-corrected chi connectivity index (χ2v) is 5.98. The van der Waals surface area contributed by atoms with E-state index >= 15 is 0 Å². The molecule has 3 heteroatoms. The number of aryl methyl sites for hydroxylation is 1. The van der Waals surface area contributed by atoms with E-state index in [0.717, 1.165) is 12.1 Å². The Labute approximate surface area is 125 Å². The van der Waals surface area contributed by atoms with Crippen LogP contribution in [0.5, 0.6) is 0 Å². The lowest BCUT2D eigenvalue weighted by Crippen LogP contribution is -2.28. The Balaban J connectivity index is 2.22. The van der Waals surface area contributed by atoms with Crippen LogP contribution in [0.2, 0.25) is 0 Å². The predicted octanol–water partition coefficient (Wildman–Crippen LogP) is 3.40. The van der Waals surface area contributed by atoms with Gasteiger partial charge >= 0.3 is 0 Å². The van der Waals surface area contributed by atoms with Gasteiger partial charge in [-0.25, -0.2) is 0 Å². The Kier molecular flexibility index (Phi) is 3.20. The van der Waals surface area contributed by atoms with Gasteiger partial charge in [0.15, 0.2) is 0 Å². The maximum Gasteiger partial charge on any atom is 0.249 e. The molecule has 0 bridgehead atoms. The highest BCUT2D eigenvalue weighted by molar-refractivity contribution is 5.95. The third kappa shape index (κ3) is 2.19. The highest BCUT2D eigenvalue weighted by atomic mass is 16.2. The quantitative estimate of drug-likeness (QED) is 0.885. The van der Waals surface area contributed by atoms with Gasteiger partial charge < -0.3 is 5.43 Å². The van der Waals surface area contributed by atoms with Crippen LogP contribution in [0.4, 0.5) is 0 Å². The summed E-state index contributed by atoms with van der Waals surface area (Å²) in [5.41, 5.74) is 8.61. The van der Waals surface area contributed by atoms with Crippen LogP contribution in [0.25, 0.3) is 16.8 Å². The van der Waals surface area contributed by atoms with Crippen molar-refractivity contribution in [2.24, 2.45) is 5.41 Å². The molecule has 0 radical (unpaired) electrons. The highest BCUT2D eigenvalue weighted by Crippen LogP contribution is 2.32. The molecule has 1 heterocycles. The third-order valence-corrected chi connectivity index (χ3v) is 4.28. The van der Waals surface area contributed by atoms with Gasteiger partial charge in [0, 0.05) is 5.70 Å². The predicted molar refractivity (Wildman–Crippen MR) is 86.4 cm³/mol. The molecular formula is C18H20N2O. The molecule has 0 atom stereocenters. The van der Waals surface area contributed by atoms with E-state index in [1.807, 2.05) is 19.9 Å².